The van der Waals surface area contributed by atoms with E-state index in [-0.39, 0.29) is 43.1 Å². The number of hydrogen-bond acceptors (Lipinski definition) is 4. The van der Waals surface area contributed by atoms with E-state index in [0.717, 1.165) is 70.1 Å². The maximum absolute atomic E-state index is 9.55. The van der Waals surface area contributed by atoms with Gasteiger partial charge in [0.2, 0.25) is 0 Å². The van der Waals surface area contributed by atoms with Crippen molar-refractivity contribution in [1.82, 2.24) is 14.5 Å². The second-order valence-electron chi connectivity index (χ2n) is 18.4. The largest absolute Gasteiger partial charge is 0.500 e. The molecule has 5 nitrogen and oxygen atoms in total. The van der Waals surface area contributed by atoms with Crippen molar-refractivity contribution in [3.63, 3.8) is 0 Å². The van der Waals surface area contributed by atoms with Crippen LogP contribution in [0.1, 0.15) is 128 Å². The Morgan fingerprint density at radius 1 is 0.815 bits per heavy atom. The number of rotatable bonds is 7. The summed E-state index contributed by atoms with van der Waals surface area (Å²) in [5.74, 6) is 0.714. The minimum atomic E-state index is -2.18. The Bertz CT molecular complexity index is 3360. The van der Waals surface area contributed by atoms with Crippen LogP contribution < -0.4 is 0 Å². The zero-order valence-electron chi connectivity index (χ0n) is 44.6. The van der Waals surface area contributed by atoms with Crippen molar-refractivity contribution in [2.75, 3.05) is 0 Å². The molecular weight excluding hydrogens is 973 g/mol. The monoisotopic (exact) mass is 1040 g/mol. The third-order valence-corrected chi connectivity index (χ3v) is 12.7. The first kappa shape index (κ1) is 37.1. The molecule has 9 aromatic rings. The van der Waals surface area contributed by atoms with E-state index >= 15 is 0 Å². The standard InChI is InChI=1S/C46H44N3O.C13H12N.Ir/c1-28(2)38-25-34(32-17-15-31(16-18-32)33-20-22-46(5,6)23-21-33)26-39(29(3)4)43(38)49-41-13-8-7-12-40(41)48-45(49)37-11-9-10-36-35-19-14-30(27-47)24-42(35)50-44(36)37;1-10-3-6-12(7-4-10)13-8-5-11(2)9-14-13;/h7-10,12-19,24-26,28-29,33H,20-23H2,1-6H3;3-6,8-9H,1-2H3;/q2*-1;/i33D;1D3,2D3;. The van der Waals surface area contributed by atoms with Crippen molar-refractivity contribution in [3.8, 4) is 45.5 Å². The van der Waals surface area contributed by atoms with Gasteiger partial charge in [0, 0.05) is 47.0 Å². The van der Waals surface area contributed by atoms with Crippen molar-refractivity contribution in [1.29, 1.82) is 5.26 Å². The fourth-order valence-corrected chi connectivity index (χ4v) is 8.94. The summed E-state index contributed by atoms with van der Waals surface area (Å²) in [6.07, 6.45) is 5.29. The number of fused-ring (bicyclic) bond motifs is 4. The Kier molecular flexibility index (Phi) is 10.7. The molecule has 0 saturated heterocycles. The van der Waals surface area contributed by atoms with Crippen molar-refractivity contribution in [2.45, 2.75) is 98.7 Å². The fourth-order valence-electron chi connectivity index (χ4n) is 8.94. The number of pyridine rings is 1. The van der Waals surface area contributed by atoms with Crippen LogP contribution in [-0.2, 0) is 20.1 Å². The Balaban J connectivity index is 0.000000278. The van der Waals surface area contributed by atoms with Gasteiger partial charge in [-0.15, -0.1) is 53.6 Å². The van der Waals surface area contributed by atoms with Gasteiger partial charge >= 0.3 is 0 Å². The molecule has 0 aliphatic heterocycles. The quantitative estimate of drug-likeness (QED) is 0.149. The van der Waals surface area contributed by atoms with Gasteiger partial charge in [0.25, 0.3) is 0 Å². The molecule has 1 aliphatic carbocycles. The predicted octanol–water partition coefficient (Wildman–Crippen LogP) is 16.0. The second-order valence-corrected chi connectivity index (χ2v) is 18.4. The molecule has 0 atom stereocenters. The number of imidazole rings is 1. The van der Waals surface area contributed by atoms with Crippen molar-refractivity contribution < 1.29 is 34.1 Å². The Hall–Kier alpha value is -6.12. The first-order valence-corrected chi connectivity index (χ1v) is 22.2. The van der Waals surface area contributed by atoms with Gasteiger partial charge in [-0.05, 0) is 131 Å². The van der Waals surface area contributed by atoms with Crippen LogP contribution in [0, 0.1) is 42.6 Å². The molecule has 0 amide bonds. The SMILES string of the molecule is [2H]C([2H])([2H])c1c[c-]c(-c2ccc(C([2H])([2H])[2H])cn2)cc1.[2H]C1(c2ccc(-c3cc(C(C)C)c(-n4c(-c5[c-]ccc6c5oc5cc(C#N)ccc56)nc5ccccc54)c(C(C)C)c3)cc2)CCC(C)(C)CC1.[Ir]. The van der Waals surface area contributed by atoms with Crippen LogP contribution in [0.15, 0.2) is 132 Å². The van der Waals surface area contributed by atoms with Gasteiger partial charge < -0.3 is 14.0 Å². The third kappa shape index (κ3) is 9.24. The Morgan fingerprint density at radius 3 is 2.18 bits per heavy atom. The van der Waals surface area contributed by atoms with E-state index in [4.69, 9.17) is 17.6 Å². The summed E-state index contributed by atoms with van der Waals surface area (Å²) in [7, 11) is 0. The number of nitrogens with zero attached hydrogens (tertiary/aromatic N) is 4. The molecule has 0 spiro atoms. The van der Waals surface area contributed by atoms with Crippen LogP contribution in [0.3, 0.4) is 0 Å². The fraction of sp³-hybridized carbons (Fsp3) is 0.271. The van der Waals surface area contributed by atoms with Gasteiger partial charge in [0.1, 0.15) is 5.58 Å². The van der Waals surface area contributed by atoms with Crippen LogP contribution in [-0.4, -0.2) is 14.5 Å². The average Bonchev–Trinajstić information content (AvgIpc) is 3.93. The first-order valence-electron chi connectivity index (χ1n) is 25.7. The molecule has 329 valence electrons. The summed E-state index contributed by atoms with van der Waals surface area (Å²) in [5.41, 5.74) is 13.7. The van der Waals surface area contributed by atoms with Crippen LogP contribution in [0.4, 0.5) is 0 Å². The third-order valence-electron chi connectivity index (χ3n) is 12.7. The number of aryl methyl sites for hydroxylation is 2. The zero-order chi connectivity index (χ0) is 50.6. The molecule has 1 fully saturated rings. The van der Waals surface area contributed by atoms with Crippen molar-refractivity contribution in [3.05, 3.63) is 173 Å². The van der Waals surface area contributed by atoms with Crippen molar-refractivity contribution in [2.24, 2.45) is 5.41 Å². The number of furan rings is 1. The normalized spacial score (nSPS) is 16.3. The minimum Gasteiger partial charge on any atom is -0.500 e. The molecule has 3 aromatic heterocycles. The van der Waals surface area contributed by atoms with Crippen LogP contribution in [0.25, 0.3) is 72.4 Å². The Labute approximate surface area is 407 Å². The molecule has 1 radical (unpaired) electrons. The van der Waals surface area contributed by atoms with Gasteiger partial charge in [0.15, 0.2) is 0 Å². The van der Waals surface area contributed by atoms with Crippen molar-refractivity contribution >= 4 is 33.0 Å². The van der Waals surface area contributed by atoms with E-state index in [1.165, 1.54) is 46.6 Å². The summed E-state index contributed by atoms with van der Waals surface area (Å²) in [6, 6.07) is 47.6. The molecule has 6 heteroatoms. The van der Waals surface area contributed by atoms with Gasteiger partial charge in [-0.1, -0.05) is 114 Å². The number of nitriles is 1. The van der Waals surface area contributed by atoms with Gasteiger partial charge in [-0.25, -0.2) is 0 Å². The predicted molar refractivity (Wildman–Crippen MR) is 264 cm³/mol. The topological polar surface area (TPSA) is 67.6 Å². The first-order chi connectivity index (χ1) is 33.6. The molecule has 3 heterocycles. The molecule has 1 saturated carbocycles. The number of hydrogen-bond donors (Lipinski definition) is 0. The van der Waals surface area contributed by atoms with Crippen LogP contribution in [0.2, 0.25) is 0 Å². The van der Waals surface area contributed by atoms with E-state index in [9.17, 15) is 6.63 Å². The van der Waals surface area contributed by atoms with Gasteiger partial charge in [-0.2, -0.15) is 5.26 Å². The molecule has 0 unspecified atom stereocenters. The van der Waals surface area contributed by atoms with Crippen LogP contribution in [0.5, 0.6) is 0 Å². The molecule has 10 rings (SSSR count). The maximum atomic E-state index is 9.55. The summed E-state index contributed by atoms with van der Waals surface area (Å²) in [6.45, 7) is 9.38. The molecule has 0 bridgehead atoms. The summed E-state index contributed by atoms with van der Waals surface area (Å²) < 4.78 is 61.8. The van der Waals surface area contributed by atoms with E-state index in [1.54, 1.807) is 18.2 Å². The van der Waals surface area contributed by atoms with E-state index in [0.29, 0.717) is 33.4 Å². The second kappa shape index (κ2) is 18.8. The minimum absolute atomic E-state index is 0. The van der Waals surface area contributed by atoms with Gasteiger partial charge in [-0.3, -0.25) is 4.98 Å². The summed E-state index contributed by atoms with van der Waals surface area (Å²) in [4.78, 5) is 9.34. The molecular formula is C59H56IrN4O-2. The average molecular weight is 1040 g/mol. The van der Waals surface area contributed by atoms with Crippen LogP contribution >= 0.6 is 0 Å². The number of benzene rings is 6. The number of para-hydroxylation sites is 2. The Morgan fingerprint density at radius 2 is 1.54 bits per heavy atom. The maximum Gasteiger partial charge on any atom is 0.122 e. The summed E-state index contributed by atoms with van der Waals surface area (Å²) >= 11 is 0. The molecule has 0 N–H and O–H groups in total. The smallest absolute Gasteiger partial charge is 0.122 e. The van der Waals surface area contributed by atoms with E-state index in [2.05, 4.69) is 124 Å². The molecule has 65 heavy (non-hydrogen) atoms. The number of aromatic nitrogens is 3. The zero-order valence-corrected chi connectivity index (χ0v) is 40.0. The van der Waals surface area contributed by atoms with E-state index < -0.39 is 19.6 Å². The molecule has 1 aliphatic rings. The van der Waals surface area contributed by atoms with E-state index in [1.807, 2.05) is 30.3 Å². The van der Waals surface area contributed by atoms with Gasteiger partial charge in [0.05, 0.1) is 34.1 Å². The molecule has 6 aromatic carbocycles. The summed E-state index contributed by atoms with van der Waals surface area (Å²) in [5, 5.41) is 11.5.